The number of hydrogen-bond donors (Lipinski definition) is 1. The minimum atomic E-state index is 0.693. The quantitative estimate of drug-likeness (QED) is 0.880. The van der Waals surface area contributed by atoms with E-state index >= 15 is 0 Å². The van der Waals surface area contributed by atoms with Gasteiger partial charge in [0.1, 0.15) is 17.3 Å². The maximum absolute atomic E-state index is 6.27. The molecule has 4 nitrogen and oxygen atoms in total. The molecule has 0 bridgehead atoms. The van der Waals surface area contributed by atoms with Crippen LogP contribution in [0, 0.1) is 6.92 Å². The Kier molecular flexibility index (Phi) is 3.45. The summed E-state index contributed by atoms with van der Waals surface area (Å²) in [5.74, 6) is 1.65. The molecule has 1 aromatic heterocycles. The minimum Gasteiger partial charge on any atom is -0.383 e. The number of aromatic nitrogens is 2. The van der Waals surface area contributed by atoms with Gasteiger partial charge >= 0.3 is 0 Å². The molecule has 0 atom stereocenters. The Balaban J connectivity index is 2.05. The predicted octanol–water partition coefficient (Wildman–Crippen LogP) is 3.01. The second-order valence-corrected chi connectivity index (χ2v) is 5.66. The first kappa shape index (κ1) is 13.7. The van der Waals surface area contributed by atoms with Crippen molar-refractivity contribution in [1.29, 1.82) is 0 Å². The van der Waals surface area contributed by atoms with Gasteiger partial charge in [-0.1, -0.05) is 12.1 Å². The summed E-state index contributed by atoms with van der Waals surface area (Å²) in [7, 11) is 2.15. The standard InChI is InChI=1S/C17H22N4/c1-4-9-21-12(2)19-16(17(21)18)14-7-8-15-13(11-14)6-5-10-20(15)3/h4,7-8,11H,1,5-6,9-10,18H2,2-3H3. The Labute approximate surface area is 125 Å². The van der Waals surface area contributed by atoms with Crippen molar-refractivity contribution in [3.8, 4) is 11.3 Å². The lowest BCUT2D eigenvalue weighted by atomic mass is 9.98. The average molecular weight is 282 g/mol. The number of fused-ring (bicyclic) bond motifs is 1. The molecule has 21 heavy (non-hydrogen) atoms. The lowest BCUT2D eigenvalue weighted by Gasteiger charge is -2.27. The molecule has 0 fully saturated rings. The van der Waals surface area contributed by atoms with E-state index in [9.17, 15) is 0 Å². The van der Waals surface area contributed by atoms with Crippen molar-refractivity contribution in [2.75, 3.05) is 24.2 Å². The van der Waals surface area contributed by atoms with Gasteiger partial charge < -0.3 is 15.2 Å². The zero-order valence-electron chi connectivity index (χ0n) is 12.8. The highest BCUT2D eigenvalue weighted by Crippen LogP contribution is 2.33. The lowest BCUT2D eigenvalue weighted by molar-refractivity contribution is 0.745. The third kappa shape index (κ3) is 2.31. The largest absolute Gasteiger partial charge is 0.383 e. The number of aryl methyl sites for hydroxylation is 2. The van der Waals surface area contributed by atoms with Crippen LogP contribution >= 0.6 is 0 Å². The van der Waals surface area contributed by atoms with Crippen molar-refractivity contribution in [2.45, 2.75) is 26.3 Å². The van der Waals surface area contributed by atoms with E-state index in [-0.39, 0.29) is 0 Å². The molecule has 2 heterocycles. The Bertz CT molecular complexity index is 684. The molecule has 0 spiro atoms. The number of imidazole rings is 1. The fourth-order valence-corrected chi connectivity index (χ4v) is 3.09. The number of rotatable bonds is 3. The number of benzene rings is 1. The Morgan fingerprint density at radius 3 is 3.00 bits per heavy atom. The molecule has 0 saturated heterocycles. The van der Waals surface area contributed by atoms with Crippen molar-refractivity contribution in [3.63, 3.8) is 0 Å². The molecule has 4 heteroatoms. The van der Waals surface area contributed by atoms with Gasteiger partial charge in [-0.25, -0.2) is 4.98 Å². The molecule has 1 aromatic carbocycles. The summed E-state index contributed by atoms with van der Waals surface area (Å²) in [5.41, 5.74) is 11.0. The van der Waals surface area contributed by atoms with E-state index < -0.39 is 0 Å². The molecule has 3 rings (SSSR count). The third-order valence-corrected chi connectivity index (χ3v) is 4.21. The lowest BCUT2D eigenvalue weighted by Crippen LogP contribution is -2.24. The highest BCUT2D eigenvalue weighted by atomic mass is 15.1. The van der Waals surface area contributed by atoms with Crippen molar-refractivity contribution in [2.24, 2.45) is 0 Å². The first-order chi connectivity index (χ1) is 10.1. The Morgan fingerprint density at radius 1 is 1.43 bits per heavy atom. The first-order valence-electron chi connectivity index (χ1n) is 7.39. The van der Waals surface area contributed by atoms with Gasteiger partial charge in [0.15, 0.2) is 0 Å². The molecule has 2 N–H and O–H groups in total. The third-order valence-electron chi connectivity index (χ3n) is 4.21. The maximum Gasteiger partial charge on any atom is 0.132 e. The molecule has 0 unspecified atom stereocenters. The molecule has 0 radical (unpaired) electrons. The van der Waals surface area contributed by atoms with Crippen molar-refractivity contribution >= 4 is 11.5 Å². The molecule has 0 aliphatic carbocycles. The fraction of sp³-hybridized carbons (Fsp3) is 0.353. The highest BCUT2D eigenvalue weighted by Gasteiger charge is 2.17. The summed E-state index contributed by atoms with van der Waals surface area (Å²) < 4.78 is 1.99. The number of nitrogen functional groups attached to an aromatic ring is 1. The second kappa shape index (κ2) is 5.28. The number of nitrogens with two attached hydrogens (primary N) is 1. The summed E-state index contributed by atoms with van der Waals surface area (Å²) >= 11 is 0. The average Bonchev–Trinajstić information content (AvgIpc) is 2.76. The molecule has 1 aliphatic heterocycles. The second-order valence-electron chi connectivity index (χ2n) is 5.66. The summed E-state index contributed by atoms with van der Waals surface area (Å²) in [6.07, 6.45) is 4.17. The van der Waals surface area contributed by atoms with Crippen LogP contribution in [-0.2, 0) is 13.0 Å². The number of nitrogens with zero attached hydrogens (tertiary/aromatic N) is 3. The summed E-state index contributed by atoms with van der Waals surface area (Å²) in [4.78, 5) is 6.96. The van der Waals surface area contributed by atoms with Crippen LogP contribution in [0.3, 0.4) is 0 Å². The maximum atomic E-state index is 6.27. The SMILES string of the molecule is C=CCn1c(C)nc(-c2ccc3c(c2)CCCN3C)c1N. The fourth-order valence-electron chi connectivity index (χ4n) is 3.09. The van der Waals surface area contributed by atoms with Crippen LogP contribution in [0.15, 0.2) is 30.9 Å². The van der Waals surface area contributed by atoms with Gasteiger partial charge in [-0.05, 0) is 37.5 Å². The molecule has 2 aromatic rings. The Morgan fingerprint density at radius 2 is 2.24 bits per heavy atom. The van der Waals surface area contributed by atoms with Crippen LogP contribution in [0.2, 0.25) is 0 Å². The summed E-state index contributed by atoms with van der Waals surface area (Å²) in [6, 6.07) is 6.55. The van der Waals surface area contributed by atoms with Crippen molar-refractivity contribution in [3.05, 3.63) is 42.2 Å². The van der Waals surface area contributed by atoms with Gasteiger partial charge in [0.05, 0.1) is 0 Å². The zero-order chi connectivity index (χ0) is 15.0. The van der Waals surface area contributed by atoms with Crippen LogP contribution < -0.4 is 10.6 Å². The smallest absolute Gasteiger partial charge is 0.132 e. The molecule has 110 valence electrons. The monoisotopic (exact) mass is 282 g/mol. The number of anilines is 2. The van der Waals surface area contributed by atoms with E-state index in [1.54, 1.807) is 0 Å². The molecule has 1 aliphatic rings. The van der Waals surface area contributed by atoms with Gasteiger partial charge in [0.2, 0.25) is 0 Å². The normalized spacial score (nSPS) is 14.1. The van der Waals surface area contributed by atoms with Crippen LogP contribution in [0.4, 0.5) is 11.5 Å². The van der Waals surface area contributed by atoms with Crippen LogP contribution in [0.1, 0.15) is 17.8 Å². The van der Waals surface area contributed by atoms with E-state index in [1.165, 1.54) is 17.7 Å². The van der Waals surface area contributed by atoms with Crippen LogP contribution in [0.25, 0.3) is 11.3 Å². The minimum absolute atomic E-state index is 0.693. The van der Waals surface area contributed by atoms with Crippen LogP contribution in [-0.4, -0.2) is 23.1 Å². The predicted molar refractivity (Wildman–Crippen MR) is 88.6 cm³/mol. The topological polar surface area (TPSA) is 47.1 Å². The summed E-state index contributed by atoms with van der Waals surface area (Å²) in [5, 5.41) is 0. The van der Waals surface area contributed by atoms with E-state index in [0.717, 1.165) is 35.9 Å². The van der Waals surface area contributed by atoms with Gasteiger partial charge in [-0.3, -0.25) is 0 Å². The van der Waals surface area contributed by atoms with Gasteiger partial charge in [0.25, 0.3) is 0 Å². The Hall–Kier alpha value is -2.23. The molecule has 0 saturated carbocycles. The molecular weight excluding hydrogens is 260 g/mol. The van der Waals surface area contributed by atoms with E-state index in [4.69, 9.17) is 5.73 Å². The van der Waals surface area contributed by atoms with Crippen molar-refractivity contribution in [1.82, 2.24) is 9.55 Å². The van der Waals surface area contributed by atoms with E-state index in [2.05, 4.69) is 41.7 Å². The number of hydrogen-bond acceptors (Lipinski definition) is 3. The number of allylic oxidation sites excluding steroid dienone is 1. The summed E-state index contributed by atoms with van der Waals surface area (Å²) in [6.45, 7) is 7.58. The van der Waals surface area contributed by atoms with Gasteiger partial charge in [-0.15, -0.1) is 6.58 Å². The zero-order valence-corrected chi connectivity index (χ0v) is 12.8. The van der Waals surface area contributed by atoms with Gasteiger partial charge in [-0.2, -0.15) is 0 Å². The van der Waals surface area contributed by atoms with E-state index in [1.807, 2.05) is 17.6 Å². The molecular formula is C17H22N4. The van der Waals surface area contributed by atoms with Crippen molar-refractivity contribution < 1.29 is 0 Å². The van der Waals surface area contributed by atoms with E-state index in [0.29, 0.717) is 6.54 Å². The van der Waals surface area contributed by atoms with Crippen LogP contribution in [0.5, 0.6) is 0 Å². The molecule has 0 amide bonds. The van der Waals surface area contributed by atoms with Gasteiger partial charge in [0, 0.05) is 31.4 Å². The highest BCUT2D eigenvalue weighted by molar-refractivity contribution is 5.74. The first-order valence-corrected chi connectivity index (χ1v) is 7.39.